The first-order chi connectivity index (χ1) is 12.1. The van der Waals surface area contributed by atoms with Crippen LogP contribution in [0.5, 0.6) is 0 Å². The topological polar surface area (TPSA) is 191 Å². The van der Waals surface area contributed by atoms with Crippen molar-refractivity contribution in [1.82, 2.24) is 16.0 Å². The lowest BCUT2D eigenvalue weighted by atomic mass is 9.99. The molecule has 150 valence electrons. The van der Waals surface area contributed by atoms with E-state index in [4.69, 9.17) is 5.73 Å². The minimum absolute atomic E-state index is 0.374. The highest BCUT2D eigenvalue weighted by molar-refractivity contribution is 5.94. The molecule has 0 spiro atoms. The molecule has 0 rings (SSSR count). The molecule has 0 aromatic carbocycles. The van der Waals surface area contributed by atoms with E-state index in [9.17, 15) is 34.5 Å². The van der Waals surface area contributed by atoms with Crippen LogP contribution in [0.15, 0.2) is 0 Å². The third kappa shape index (κ3) is 7.33. The van der Waals surface area contributed by atoms with E-state index in [2.05, 4.69) is 16.0 Å². The molecule has 11 heteroatoms. The van der Waals surface area contributed by atoms with Crippen LogP contribution < -0.4 is 21.7 Å². The average Bonchev–Trinajstić information content (AvgIpc) is 2.59. The number of carboxylic acids is 1. The number of aliphatic carboxylic acids is 1. The van der Waals surface area contributed by atoms with Gasteiger partial charge in [0.1, 0.15) is 18.1 Å². The summed E-state index contributed by atoms with van der Waals surface area (Å²) in [7, 11) is 0. The Morgan fingerprint density at radius 2 is 1.58 bits per heavy atom. The maximum Gasteiger partial charge on any atom is 0.326 e. The molecule has 0 aliphatic rings. The molecular formula is C15H28N4O7. The van der Waals surface area contributed by atoms with Crippen LogP contribution >= 0.6 is 0 Å². The summed E-state index contributed by atoms with van der Waals surface area (Å²) in [5, 5.41) is 34.8. The maximum absolute atomic E-state index is 12.2. The smallest absolute Gasteiger partial charge is 0.326 e. The van der Waals surface area contributed by atoms with Gasteiger partial charge in [-0.1, -0.05) is 20.3 Å². The number of aliphatic hydroxyl groups is 2. The maximum atomic E-state index is 12.2. The molecule has 0 aliphatic carbocycles. The number of carbonyl (C=O) groups excluding carboxylic acids is 3. The van der Waals surface area contributed by atoms with E-state index in [1.807, 2.05) is 0 Å². The molecular weight excluding hydrogens is 348 g/mol. The lowest BCUT2D eigenvalue weighted by Gasteiger charge is -2.26. The first-order valence-electron chi connectivity index (χ1n) is 8.20. The summed E-state index contributed by atoms with van der Waals surface area (Å²) in [4.78, 5) is 47.0. The summed E-state index contributed by atoms with van der Waals surface area (Å²) in [5.41, 5.74) is 5.14. The summed E-state index contributed by atoms with van der Waals surface area (Å²) < 4.78 is 0. The fraction of sp³-hybridized carbons (Fsp3) is 0.733. The second-order valence-electron chi connectivity index (χ2n) is 5.94. The zero-order valence-electron chi connectivity index (χ0n) is 15.1. The molecule has 0 aliphatic heterocycles. The van der Waals surface area contributed by atoms with E-state index < -0.39 is 61.1 Å². The molecule has 0 bridgehead atoms. The van der Waals surface area contributed by atoms with Crippen molar-refractivity contribution < 1.29 is 34.5 Å². The number of nitrogens with one attached hydrogen (secondary N) is 3. The lowest BCUT2D eigenvalue weighted by molar-refractivity contribution is -0.144. The van der Waals surface area contributed by atoms with Crippen molar-refractivity contribution >= 4 is 23.7 Å². The van der Waals surface area contributed by atoms with Crippen molar-refractivity contribution in [2.75, 3.05) is 13.2 Å². The van der Waals surface area contributed by atoms with Gasteiger partial charge >= 0.3 is 5.97 Å². The Hall–Kier alpha value is -2.24. The number of rotatable bonds is 11. The number of hydrogen-bond donors (Lipinski definition) is 7. The summed E-state index contributed by atoms with van der Waals surface area (Å²) in [6.45, 7) is 3.43. The molecule has 0 saturated carbocycles. The normalized spacial score (nSPS) is 16.5. The highest BCUT2D eigenvalue weighted by Crippen LogP contribution is 2.08. The van der Waals surface area contributed by atoms with Crippen molar-refractivity contribution in [1.29, 1.82) is 0 Å². The van der Waals surface area contributed by atoms with Gasteiger partial charge in [0.25, 0.3) is 0 Å². The molecule has 26 heavy (non-hydrogen) atoms. The fourth-order valence-corrected chi connectivity index (χ4v) is 2.03. The van der Waals surface area contributed by atoms with Crippen molar-refractivity contribution in [3.05, 3.63) is 0 Å². The van der Waals surface area contributed by atoms with Gasteiger partial charge in [0.15, 0.2) is 0 Å². The monoisotopic (exact) mass is 376 g/mol. The molecule has 5 unspecified atom stereocenters. The van der Waals surface area contributed by atoms with Crippen LogP contribution in [0.2, 0.25) is 0 Å². The van der Waals surface area contributed by atoms with Crippen molar-refractivity contribution in [3.8, 4) is 0 Å². The largest absolute Gasteiger partial charge is 0.480 e. The highest BCUT2D eigenvalue weighted by Gasteiger charge is 2.32. The molecule has 0 aromatic heterocycles. The van der Waals surface area contributed by atoms with Crippen LogP contribution in [0.3, 0.4) is 0 Å². The predicted molar refractivity (Wildman–Crippen MR) is 90.7 cm³/mol. The van der Waals surface area contributed by atoms with Crippen LogP contribution in [0, 0.1) is 5.92 Å². The van der Waals surface area contributed by atoms with Gasteiger partial charge in [-0.2, -0.15) is 0 Å². The van der Waals surface area contributed by atoms with Gasteiger partial charge in [-0.25, -0.2) is 4.79 Å². The van der Waals surface area contributed by atoms with E-state index in [0.717, 1.165) is 0 Å². The summed E-state index contributed by atoms with van der Waals surface area (Å²) >= 11 is 0. The highest BCUT2D eigenvalue weighted by atomic mass is 16.4. The SMILES string of the molecule is CCC(C)C(NC(=O)C(CO)NC(=O)C(NC(=O)CN)C(C)O)C(=O)O. The van der Waals surface area contributed by atoms with E-state index in [1.54, 1.807) is 13.8 Å². The van der Waals surface area contributed by atoms with E-state index in [0.29, 0.717) is 6.42 Å². The van der Waals surface area contributed by atoms with Gasteiger partial charge in [0.05, 0.1) is 19.3 Å². The van der Waals surface area contributed by atoms with Gasteiger partial charge in [-0.15, -0.1) is 0 Å². The van der Waals surface area contributed by atoms with Crippen molar-refractivity contribution in [3.63, 3.8) is 0 Å². The average molecular weight is 376 g/mol. The molecule has 0 fully saturated rings. The van der Waals surface area contributed by atoms with Crippen LogP contribution in [0.25, 0.3) is 0 Å². The minimum Gasteiger partial charge on any atom is -0.480 e. The molecule has 5 atom stereocenters. The summed E-state index contributed by atoms with van der Waals surface area (Å²) in [5.74, 6) is -4.14. The van der Waals surface area contributed by atoms with Crippen LogP contribution in [0.1, 0.15) is 27.2 Å². The van der Waals surface area contributed by atoms with Gasteiger partial charge in [-0.05, 0) is 12.8 Å². The Kier molecular flexibility index (Phi) is 10.4. The number of aliphatic hydroxyl groups excluding tert-OH is 2. The van der Waals surface area contributed by atoms with Crippen LogP contribution in [0.4, 0.5) is 0 Å². The quantitative estimate of drug-likeness (QED) is 0.197. The molecule has 3 amide bonds. The Labute approximate surface area is 151 Å². The van der Waals surface area contributed by atoms with Gasteiger partial charge in [0.2, 0.25) is 17.7 Å². The van der Waals surface area contributed by atoms with E-state index >= 15 is 0 Å². The Bertz CT molecular complexity index is 512. The second kappa shape index (κ2) is 11.4. The first kappa shape index (κ1) is 23.8. The lowest BCUT2D eigenvalue weighted by Crippen LogP contribution is -2.60. The number of hydrogen-bond acceptors (Lipinski definition) is 7. The third-order valence-electron chi connectivity index (χ3n) is 3.86. The number of carboxylic acid groups (broad SMARTS) is 1. The number of carbonyl (C=O) groups is 4. The Morgan fingerprint density at radius 1 is 1.00 bits per heavy atom. The fourth-order valence-electron chi connectivity index (χ4n) is 2.03. The standard InChI is InChI=1S/C15H28N4O7/c1-4-7(2)11(15(25)26)19-13(23)9(6-20)17-14(24)12(8(3)21)18-10(22)5-16/h7-9,11-12,20-21H,4-6,16H2,1-3H3,(H,17,24)(H,18,22)(H,19,23)(H,25,26). The van der Waals surface area contributed by atoms with E-state index in [-0.39, 0.29) is 5.92 Å². The van der Waals surface area contributed by atoms with Gasteiger partial charge < -0.3 is 37.0 Å². The second-order valence-corrected chi connectivity index (χ2v) is 5.94. The molecule has 8 N–H and O–H groups in total. The van der Waals surface area contributed by atoms with Crippen LogP contribution in [-0.2, 0) is 19.2 Å². The third-order valence-corrected chi connectivity index (χ3v) is 3.86. The van der Waals surface area contributed by atoms with Crippen molar-refractivity contribution in [2.24, 2.45) is 11.7 Å². The molecule has 0 radical (unpaired) electrons. The Morgan fingerprint density at radius 3 is 1.96 bits per heavy atom. The van der Waals surface area contributed by atoms with Gasteiger partial charge in [-0.3, -0.25) is 14.4 Å². The van der Waals surface area contributed by atoms with Crippen molar-refractivity contribution in [2.45, 2.75) is 51.4 Å². The molecule has 0 heterocycles. The van der Waals surface area contributed by atoms with Gasteiger partial charge in [0, 0.05) is 0 Å². The number of amides is 3. The summed E-state index contributed by atoms with van der Waals surface area (Å²) in [6.07, 6.45) is -0.803. The van der Waals surface area contributed by atoms with Crippen LogP contribution in [-0.4, -0.2) is 76.4 Å². The Balaban J connectivity index is 5.09. The first-order valence-corrected chi connectivity index (χ1v) is 8.20. The number of nitrogens with two attached hydrogens (primary N) is 1. The zero-order chi connectivity index (χ0) is 20.4. The minimum atomic E-state index is -1.45. The molecule has 11 nitrogen and oxygen atoms in total. The predicted octanol–water partition coefficient (Wildman–Crippen LogP) is -3.10. The van der Waals surface area contributed by atoms with E-state index in [1.165, 1.54) is 6.92 Å². The summed E-state index contributed by atoms with van der Waals surface area (Å²) in [6, 6.07) is -4.04. The zero-order valence-corrected chi connectivity index (χ0v) is 15.1. The molecule has 0 saturated heterocycles. The molecule has 0 aromatic rings.